The number of thioether (sulfide) groups is 1. The third-order valence-electron chi connectivity index (χ3n) is 5.10. The Kier molecular flexibility index (Phi) is 7.92. The molecular weight excluding hydrogens is 507 g/mol. The van der Waals surface area contributed by atoms with Gasteiger partial charge >= 0.3 is 0 Å². The van der Waals surface area contributed by atoms with E-state index in [9.17, 15) is 18.8 Å². The van der Waals surface area contributed by atoms with Gasteiger partial charge in [0.2, 0.25) is 5.91 Å². The van der Waals surface area contributed by atoms with Crippen LogP contribution in [0.15, 0.2) is 71.6 Å². The molecule has 7 nitrogen and oxygen atoms in total. The van der Waals surface area contributed by atoms with Crippen LogP contribution in [0.2, 0.25) is 5.02 Å². The number of hydrogen-bond acceptors (Lipinski definition) is 6. The summed E-state index contributed by atoms with van der Waals surface area (Å²) in [5.41, 5.74) is 1.91. The summed E-state index contributed by atoms with van der Waals surface area (Å²) in [6, 6.07) is 17.6. The van der Waals surface area contributed by atoms with Gasteiger partial charge in [-0.15, -0.1) is 0 Å². The second-order valence-corrected chi connectivity index (χ2v) is 9.08. The molecule has 10 heteroatoms. The van der Waals surface area contributed by atoms with Gasteiger partial charge in [-0.25, -0.2) is 4.39 Å². The molecule has 3 aromatic carbocycles. The number of nitrogens with zero attached hydrogens (tertiary/aromatic N) is 1. The highest BCUT2D eigenvalue weighted by molar-refractivity contribution is 8.18. The molecule has 0 aromatic heterocycles. The second kappa shape index (κ2) is 11.3. The van der Waals surface area contributed by atoms with Crippen LogP contribution in [0.4, 0.5) is 14.9 Å². The number of amides is 3. The first-order valence-electron chi connectivity index (χ1n) is 10.7. The van der Waals surface area contributed by atoms with Crippen molar-refractivity contribution in [3.8, 4) is 11.5 Å². The maximum Gasteiger partial charge on any atom is 0.294 e. The third kappa shape index (κ3) is 6.24. The zero-order valence-electron chi connectivity index (χ0n) is 19.0. The topological polar surface area (TPSA) is 84.9 Å². The molecule has 1 fully saturated rings. The van der Waals surface area contributed by atoms with E-state index >= 15 is 0 Å². The smallest absolute Gasteiger partial charge is 0.294 e. The molecule has 0 saturated carbocycles. The number of carbonyl (C=O) groups excluding carboxylic acids is 3. The minimum absolute atomic E-state index is 0.173. The Hall–Kier alpha value is -3.82. The number of methoxy groups -OCH3 is 1. The summed E-state index contributed by atoms with van der Waals surface area (Å²) in [6.45, 7) is -0.147. The third-order valence-corrected chi connectivity index (χ3v) is 6.26. The number of ether oxygens (including phenoxy) is 2. The number of hydrogen-bond donors (Lipinski definition) is 1. The molecule has 0 unspecified atom stereocenters. The van der Waals surface area contributed by atoms with Crippen LogP contribution in [-0.4, -0.2) is 35.6 Å². The van der Waals surface area contributed by atoms with Crippen LogP contribution >= 0.6 is 23.4 Å². The van der Waals surface area contributed by atoms with E-state index < -0.39 is 29.4 Å². The van der Waals surface area contributed by atoms with Crippen molar-refractivity contribution in [1.82, 2.24) is 4.90 Å². The normalized spacial score (nSPS) is 14.3. The van der Waals surface area contributed by atoms with E-state index in [1.54, 1.807) is 36.4 Å². The van der Waals surface area contributed by atoms with Crippen molar-refractivity contribution in [3.05, 3.63) is 93.6 Å². The lowest BCUT2D eigenvalue weighted by molar-refractivity contribution is -0.127. The Balaban J connectivity index is 1.42. The number of imide groups is 1. The molecule has 0 radical (unpaired) electrons. The van der Waals surface area contributed by atoms with Crippen LogP contribution in [0.25, 0.3) is 6.08 Å². The fraction of sp³-hybridized carbons (Fsp3) is 0.115. The quantitative estimate of drug-likeness (QED) is 0.377. The molecule has 1 N–H and O–H groups in total. The van der Waals surface area contributed by atoms with Crippen molar-refractivity contribution in [3.63, 3.8) is 0 Å². The van der Waals surface area contributed by atoms with Gasteiger partial charge in [-0.2, -0.15) is 0 Å². The molecule has 4 rings (SSSR count). The van der Waals surface area contributed by atoms with E-state index in [1.807, 2.05) is 12.1 Å². The highest BCUT2D eigenvalue weighted by Crippen LogP contribution is 2.34. The molecule has 184 valence electrons. The number of anilines is 1. The van der Waals surface area contributed by atoms with Gasteiger partial charge < -0.3 is 14.8 Å². The van der Waals surface area contributed by atoms with Gasteiger partial charge in [0.05, 0.1) is 12.0 Å². The Morgan fingerprint density at radius 3 is 2.47 bits per heavy atom. The lowest BCUT2D eigenvalue weighted by Crippen LogP contribution is -2.36. The average molecular weight is 527 g/mol. The summed E-state index contributed by atoms with van der Waals surface area (Å²) in [6.07, 6.45) is 1.55. The first-order chi connectivity index (χ1) is 17.3. The van der Waals surface area contributed by atoms with E-state index in [-0.39, 0.29) is 4.91 Å². The predicted molar refractivity (Wildman–Crippen MR) is 136 cm³/mol. The number of nitrogens with one attached hydrogen (secondary N) is 1. The van der Waals surface area contributed by atoms with E-state index in [4.69, 9.17) is 21.1 Å². The first kappa shape index (κ1) is 25.3. The summed E-state index contributed by atoms with van der Waals surface area (Å²) < 4.78 is 24.3. The summed E-state index contributed by atoms with van der Waals surface area (Å²) >= 11 is 6.65. The van der Waals surface area contributed by atoms with Crippen molar-refractivity contribution in [2.75, 3.05) is 19.0 Å². The van der Waals surface area contributed by atoms with Gasteiger partial charge in [-0.3, -0.25) is 19.3 Å². The number of benzene rings is 3. The van der Waals surface area contributed by atoms with Crippen LogP contribution in [0.3, 0.4) is 0 Å². The standard InChI is InChI=1S/C26H20ClFN2O5S/c1-34-22-12-17(4-11-21(22)35-15-16-2-5-18(27)6-3-16)13-23-25(32)30(26(33)36-23)14-24(31)29-20-9-7-19(28)8-10-20/h2-13H,14-15H2,1H3,(H,29,31)/b23-13-. The molecule has 1 aliphatic rings. The summed E-state index contributed by atoms with van der Waals surface area (Å²) in [5, 5.41) is 2.61. The number of rotatable bonds is 8. The van der Waals surface area contributed by atoms with Crippen LogP contribution in [-0.2, 0) is 16.2 Å². The number of halogens is 2. The fourth-order valence-corrected chi connectivity index (χ4v) is 4.26. The van der Waals surface area contributed by atoms with E-state index in [1.165, 1.54) is 31.4 Å². The maximum atomic E-state index is 13.0. The Morgan fingerprint density at radius 2 is 1.78 bits per heavy atom. The van der Waals surface area contributed by atoms with Crippen LogP contribution < -0.4 is 14.8 Å². The predicted octanol–water partition coefficient (Wildman–Crippen LogP) is 5.74. The lowest BCUT2D eigenvalue weighted by Gasteiger charge is -2.12. The van der Waals surface area contributed by atoms with E-state index in [0.717, 1.165) is 22.2 Å². The Morgan fingerprint density at radius 1 is 1.06 bits per heavy atom. The highest BCUT2D eigenvalue weighted by Gasteiger charge is 2.36. The Bertz CT molecular complexity index is 1330. The summed E-state index contributed by atoms with van der Waals surface area (Å²) in [5.74, 6) is -0.636. The fourth-order valence-electron chi connectivity index (χ4n) is 3.30. The van der Waals surface area contributed by atoms with Gasteiger partial charge in [-0.05, 0) is 77.5 Å². The molecular formula is C26H20ClFN2O5S. The first-order valence-corrected chi connectivity index (χ1v) is 11.9. The molecule has 1 saturated heterocycles. The minimum Gasteiger partial charge on any atom is -0.493 e. The van der Waals surface area contributed by atoms with Gasteiger partial charge in [-0.1, -0.05) is 29.8 Å². The molecule has 3 amide bonds. The molecule has 3 aromatic rings. The summed E-state index contributed by atoms with van der Waals surface area (Å²) in [7, 11) is 1.50. The molecule has 1 heterocycles. The minimum atomic E-state index is -0.582. The van der Waals surface area contributed by atoms with Crippen LogP contribution in [0.1, 0.15) is 11.1 Å². The van der Waals surface area contributed by atoms with E-state index in [2.05, 4.69) is 5.32 Å². The largest absolute Gasteiger partial charge is 0.493 e. The molecule has 0 bridgehead atoms. The van der Waals surface area contributed by atoms with Gasteiger partial charge in [0.15, 0.2) is 11.5 Å². The van der Waals surface area contributed by atoms with E-state index in [0.29, 0.717) is 34.4 Å². The van der Waals surface area contributed by atoms with Crippen molar-refractivity contribution in [1.29, 1.82) is 0 Å². The van der Waals surface area contributed by atoms with Crippen molar-refractivity contribution >= 4 is 52.2 Å². The monoisotopic (exact) mass is 526 g/mol. The summed E-state index contributed by atoms with van der Waals surface area (Å²) in [4.78, 5) is 38.5. The molecule has 0 atom stereocenters. The number of carbonyl (C=O) groups is 3. The zero-order chi connectivity index (χ0) is 25.7. The molecule has 0 aliphatic carbocycles. The van der Waals surface area contributed by atoms with Crippen molar-refractivity contribution in [2.24, 2.45) is 0 Å². The molecule has 36 heavy (non-hydrogen) atoms. The van der Waals surface area contributed by atoms with Gasteiger partial charge in [0.1, 0.15) is 19.0 Å². The average Bonchev–Trinajstić information content (AvgIpc) is 3.12. The van der Waals surface area contributed by atoms with Crippen LogP contribution in [0.5, 0.6) is 11.5 Å². The molecule has 1 aliphatic heterocycles. The van der Waals surface area contributed by atoms with Gasteiger partial charge in [0, 0.05) is 10.7 Å². The zero-order valence-corrected chi connectivity index (χ0v) is 20.6. The highest BCUT2D eigenvalue weighted by atomic mass is 35.5. The Labute approximate surface area is 215 Å². The SMILES string of the molecule is COc1cc(/C=C2\SC(=O)N(CC(=O)Nc3ccc(F)cc3)C2=O)ccc1OCc1ccc(Cl)cc1. The maximum absolute atomic E-state index is 13.0. The van der Waals surface area contributed by atoms with Crippen LogP contribution in [0, 0.1) is 5.82 Å². The van der Waals surface area contributed by atoms with Gasteiger partial charge in [0.25, 0.3) is 11.1 Å². The van der Waals surface area contributed by atoms with Crippen molar-refractivity contribution in [2.45, 2.75) is 6.61 Å². The second-order valence-electron chi connectivity index (χ2n) is 7.65. The lowest BCUT2D eigenvalue weighted by atomic mass is 10.1. The molecule has 0 spiro atoms. The van der Waals surface area contributed by atoms with Crippen molar-refractivity contribution < 1.29 is 28.2 Å².